The van der Waals surface area contributed by atoms with Gasteiger partial charge in [0, 0.05) is 23.6 Å². The lowest BCUT2D eigenvalue weighted by molar-refractivity contribution is 0.190. The molecule has 1 atom stereocenters. The summed E-state index contributed by atoms with van der Waals surface area (Å²) in [7, 11) is 0.589. The summed E-state index contributed by atoms with van der Waals surface area (Å²) in [6, 6.07) is 5.67. The predicted molar refractivity (Wildman–Crippen MR) is 84.3 cm³/mol. The molecule has 20 heavy (non-hydrogen) atoms. The summed E-state index contributed by atoms with van der Waals surface area (Å²) >= 11 is 3.38. The van der Waals surface area contributed by atoms with Crippen LogP contribution in [-0.4, -0.2) is 50.8 Å². The minimum Gasteiger partial charge on any atom is -0.305 e. The molecule has 0 saturated carbocycles. The van der Waals surface area contributed by atoms with Crippen LogP contribution in [0.4, 0.5) is 0 Å². The quantitative estimate of drug-likeness (QED) is 0.831. The third-order valence-electron chi connectivity index (χ3n) is 3.79. The van der Waals surface area contributed by atoms with E-state index >= 15 is 0 Å². The number of rotatable bonds is 3. The third-order valence-corrected chi connectivity index (χ3v) is 6.64. The van der Waals surface area contributed by atoms with Crippen molar-refractivity contribution in [3.63, 3.8) is 0 Å². The molecule has 0 bridgehead atoms. The largest absolute Gasteiger partial charge is 0.305 e. The summed E-state index contributed by atoms with van der Waals surface area (Å²) in [5.41, 5.74) is 1.04. The molecule has 1 aromatic carbocycles. The molecule has 4 nitrogen and oxygen atoms in total. The summed E-state index contributed by atoms with van der Waals surface area (Å²) in [5, 5.41) is 0. The van der Waals surface area contributed by atoms with Crippen LogP contribution in [0.15, 0.2) is 27.6 Å². The SMILES string of the molecule is Cc1ccc(S(=O)(=O)N2CCCC(N(C)C)C2)c(Br)c1. The standard InChI is InChI=1S/C14H21BrN2O2S/c1-11-6-7-14(13(15)9-11)20(18,19)17-8-4-5-12(10-17)16(2)3/h6-7,9,12H,4-5,8,10H2,1-3H3. The van der Waals surface area contributed by atoms with Crippen molar-refractivity contribution in [2.45, 2.75) is 30.7 Å². The number of hydrogen-bond donors (Lipinski definition) is 0. The first kappa shape index (κ1) is 15.9. The van der Waals surface area contributed by atoms with E-state index in [0.717, 1.165) is 18.4 Å². The highest BCUT2D eigenvalue weighted by Gasteiger charge is 2.32. The number of aryl methyl sites for hydroxylation is 1. The molecule has 1 aromatic rings. The maximum Gasteiger partial charge on any atom is 0.244 e. The monoisotopic (exact) mass is 360 g/mol. The molecule has 0 radical (unpaired) electrons. The molecule has 0 aromatic heterocycles. The van der Waals surface area contributed by atoms with Crippen molar-refractivity contribution < 1.29 is 8.42 Å². The highest BCUT2D eigenvalue weighted by Crippen LogP contribution is 2.28. The van der Waals surface area contributed by atoms with Crippen molar-refractivity contribution in [2.75, 3.05) is 27.2 Å². The van der Waals surface area contributed by atoms with Crippen molar-refractivity contribution in [2.24, 2.45) is 0 Å². The van der Waals surface area contributed by atoms with Crippen LogP contribution in [0.3, 0.4) is 0 Å². The van der Waals surface area contributed by atoms with E-state index in [1.165, 1.54) is 0 Å². The van der Waals surface area contributed by atoms with Crippen molar-refractivity contribution in [1.82, 2.24) is 9.21 Å². The van der Waals surface area contributed by atoms with Crippen LogP contribution in [0.5, 0.6) is 0 Å². The molecule has 1 heterocycles. The van der Waals surface area contributed by atoms with Gasteiger partial charge in [-0.15, -0.1) is 0 Å². The first-order valence-electron chi connectivity index (χ1n) is 6.75. The van der Waals surface area contributed by atoms with Crippen LogP contribution in [0.1, 0.15) is 18.4 Å². The molecule has 1 saturated heterocycles. The minimum absolute atomic E-state index is 0.294. The molecule has 0 N–H and O–H groups in total. The average Bonchev–Trinajstić information content (AvgIpc) is 2.38. The molecule has 6 heteroatoms. The van der Waals surface area contributed by atoms with Gasteiger partial charge < -0.3 is 4.90 Å². The third kappa shape index (κ3) is 3.24. The number of piperidine rings is 1. The maximum atomic E-state index is 12.8. The van der Waals surface area contributed by atoms with Crippen molar-refractivity contribution >= 4 is 26.0 Å². The van der Waals surface area contributed by atoms with E-state index in [1.807, 2.05) is 33.2 Å². The van der Waals surface area contributed by atoms with E-state index in [1.54, 1.807) is 10.4 Å². The van der Waals surface area contributed by atoms with E-state index in [9.17, 15) is 8.42 Å². The maximum absolute atomic E-state index is 12.8. The van der Waals surface area contributed by atoms with Gasteiger partial charge in [-0.05, 0) is 67.5 Å². The number of hydrogen-bond acceptors (Lipinski definition) is 3. The smallest absolute Gasteiger partial charge is 0.244 e. The Hall–Kier alpha value is -0.430. The Morgan fingerprint density at radius 3 is 2.65 bits per heavy atom. The fourth-order valence-electron chi connectivity index (χ4n) is 2.51. The summed E-state index contributed by atoms with van der Waals surface area (Å²) in [6.45, 7) is 3.12. The topological polar surface area (TPSA) is 40.6 Å². The molecule has 0 amide bonds. The van der Waals surface area contributed by atoms with Gasteiger partial charge in [0.15, 0.2) is 0 Å². The van der Waals surface area contributed by atoms with E-state index < -0.39 is 10.0 Å². The number of nitrogens with zero attached hydrogens (tertiary/aromatic N) is 2. The zero-order valence-corrected chi connectivity index (χ0v) is 14.5. The van der Waals surface area contributed by atoms with E-state index in [4.69, 9.17) is 0 Å². The van der Waals surface area contributed by atoms with Crippen molar-refractivity contribution in [3.8, 4) is 0 Å². The van der Waals surface area contributed by atoms with Crippen LogP contribution >= 0.6 is 15.9 Å². The normalized spacial score (nSPS) is 21.4. The highest BCUT2D eigenvalue weighted by molar-refractivity contribution is 9.10. The van der Waals surface area contributed by atoms with E-state index in [0.29, 0.717) is 28.5 Å². The second kappa shape index (κ2) is 6.13. The van der Waals surface area contributed by atoms with Gasteiger partial charge in [-0.3, -0.25) is 0 Å². The zero-order chi connectivity index (χ0) is 14.9. The molecular formula is C14H21BrN2O2S. The van der Waals surface area contributed by atoms with Crippen LogP contribution in [0.2, 0.25) is 0 Å². The Morgan fingerprint density at radius 2 is 2.05 bits per heavy atom. The van der Waals surface area contributed by atoms with Gasteiger partial charge in [0.05, 0.1) is 4.90 Å². The molecule has 112 valence electrons. The second-order valence-electron chi connectivity index (χ2n) is 5.56. The van der Waals surface area contributed by atoms with Crippen LogP contribution < -0.4 is 0 Å². The van der Waals surface area contributed by atoms with Crippen molar-refractivity contribution in [1.29, 1.82) is 0 Å². The molecule has 2 rings (SSSR count). The lowest BCUT2D eigenvalue weighted by Gasteiger charge is -2.35. The fraction of sp³-hybridized carbons (Fsp3) is 0.571. The Labute approximate surface area is 129 Å². The molecule has 1 fully saturated rings. The van der Waals surface area contributed by atoms with E-state index in [2.05, 4.69) is 20.8 Å². The number of likely N-dealkylation sites (N-methyl/N-ethyl adjacent to an activating group) is 1. The van der Waals surface area contributed by atoms with Gasteiger partial charge in [-0.2, -0.15) is 4.31 Å². The Bertz CT molecular complexity index is 587. The van der Waals surface area contributed by atoms with Gasteiger partial charge in [-0.25, -0.2) is 8.42 Å². The van der Waals surface area contributed by atoms with Crippen LogP contribution in [-0.2, 0) is 10.0 Å². The molecule has 1 aliphatic heterocycles. The molecule has 0 spiro atoms. The summed E-state index contributed by atoms with van der Waals surface area (Å²) < 4.78 is 27.8. The molecule has 1 aliphatic rings. The van der Waals surface area contributed by atoms with Gasteiger partial charge in [-0.1, -0.05) is 6.07 Å². The Morgan fingerprint density at radius 1 is 1.35 bits per heavy atom. The second-order valence-corrected chi connectivity index (χ2v) is 8.32. The van der Waals surface area contributed by atoms with Gasteiger partial charge in [0.2, 0.25) is 10.0 Å². The first-order valence-corrected chi connectivity index (χ1v) is 8.98. The lowest BCUT2D eigenvalue weighted by Crippen LogP contribution is -2.47. The summed E-state index contributed by atoms with van der Waals surface area (Å²) in [5.74, 6) is 0. The van der Waals surface area contributed by atoms with Gasteiger partial charge in [0.25, 0.3) is 0 Å². The van der Waals surface area contributed by atoms with Gasteiger partial charge in [0.1, 0.15) is 0 Å². The molecular weight excluding hydrogens is 340 g/mol. The number of benzene rings is 1. The Balaban J connectivity index is 2.30. The fourth-order valence-corrected chi connectivity index (χ4v) is 5.18. The average molecular weight is 361 g/mol. The summed E-state index contributed by atoms with van der Waals surface area (Å²) in [4.78, 5) is 2.47. The van der Waals surface area contributed by atoms with Crippen molar-refractivity contribution in [3.05, 3.63) is 28.2 Å². The lowest BCUT2D eigenvalue weighted by atomic mass is 10.1. The molecule has 1 unspecified atom stereocenters. The van der Waals surface area contributed by atoms with Crippen LogP contribution in [0, 0.1) is 6.92 Å². The number of sulfonamides is 1. The number of halogens is 1. The Kier molecular flexibility index (Phi) is 4.89. The summed E-state index contributed by atoms with van der Waals surface area (Å²) in [6.07, 6.45) is 1.96. The predicted octanol–water partition coefficient (Wildman–Crippen LogP) is 2.47. The highest BCUT2D eigenvalue weighted by atomic mass is 79.9. The van der Waals surface area contributed by atoms with Gasteiger partial charge >= 0.3 is 0 Å². The minimum atomic E-state index is -3.42. The van der Waals surface area contributed by atoms with E-state index in [-0.39, 0.29) is 0 Å². The molecule has 0 aliphatic carbocycles. The zero-order valence-electron chi connectivity index (χ0n) is 12.1. The van der Waals surface area contributed by atoms with Crippen LogP contribution in [0.25, 0.3) is 0 Å². The first-order chi connectivity index (χ1) is 9.32.